The van der Waals surface area contributed by atoms with Gasteiger partial charge in [-0.2, -0.15) is 0 Å². The maximum absolute atomic E-state index is 13.5. The Morgan fingerprint density at radius 1 is 0.838 bits per heavy atom. The van der Waals surface area contributed by atoms with Crippen molar-refractivity contribution in [3.63, 3.8) is 0 Å². The van der Waals surface area contributed by atoms with Crippen LogP contribution in [0.5, 0.6) is 0 Å². The largest absolute Gasteiger partial charge is 0.367 e. The minimum Gasteiger partial charge on any atom is -0.367 e. The van der Waals surface area contributed by atoms with Crippen LogP contribution in [0.25, 0.3) is 32.8 Å². The van der Waals surface area contributed by atoms with E-state index in [2.05, 4.69) is 62.7 Å². The molecule has 2 saturated carbocycles. The molecule has 1 N–H and O–H groups in total. The Bertz CT molecular complexity index is 1640. The predicted octanol–water partition coefficient (Wildman–Crippen LogP) is 6.22. The molecule has 5 aromatic rings. The molecule has 37 heavy (non-hydrogen) atoms. The first-order chi connectivity index (χ1) is 18.2. The van der Waals surface area contributed by atoms with Crippen molar-refractivity contribution in [3.05, 3.63) is 96.6 Å². The van der Waals surface area contributed by atoms with E-state index in [0.717, 1.165) is 57.0 Å². The van der Waals surface area contributed by atoms with Crippen LogP contribution < -0.4 is 5.32 Å². The second-order valence-corrected chi connectivity index (χ2v) is 10.2. The number of rotatable bonds is 7. The molecular weight excluding hydrogens is 458 g/mol. The number of hydrogen-bond acceptors (Lipinski definition) is 5. The van der Waals surface area contributed by atoms with Crippen LogP contribution in [0.3, 0.4) is 0 Å². The number of fused-ring (bicyclic) bond motifs is 2. The van der Waals surface area contributed by atoms with Gasteiger partial charge in [-0.15, -0.1) is 0 Å². The van der Waals surface area contributed by atoms with Crippen LogP contribution in [-0.2, 0) is 6.54 Å². The highest BCUT2D eigenvalue weighted by Crippen LogP contribution is 2.33. The maximum Gasteiger partial charge on any atom is 0.273 e. The van der Waals surface area contributed by atoms with Gasteiger partial charge in [0.25, 0.3) is 5.91 Å². The first-order valence-corrected chi connectivity index (χ1v) is 13.0. The normalized spacial score (nSPS) is 15.1. The fourth-order valence-electron chi connectivity index (χ4n) is 4.92. The molecule has 0 radical (unpaired) electrons. The molecule has 0 saturated heterocycles. The number of nitrogens with one attached hydrogen (secondary N) is 1. The maximum atomic E-state index is 13.5. The topological polar surface area (TPSA) is 71.0 Å². The Labute approximate surface area is 215 Å². The summed E-state index contributed by atoms with van der Waals surface area (Å²) in [5.74, 6) is 0.899. The molecule has 0 bridgehead atoms. The molecule has 2 heterocycles. The molecule has 0 atom stereocenters. The van der Waals surface area contributed by atoms with Crippen LogP contribution in [0.1, 0.15) is 41.7 Å². The smallest absolute Gasteiger partial charge is 0.273 e. The van der Waals surface area contributed by atoms with Crippen molar-refractivity contribution < 1.29 is 4.79 Å². The lowest BCUT2D eigenvalue weighted by molar-refractivity contribution is 0.0724. The van der Waals surface area contributed by atoms with Crippen LogP contribution in [0.4, 0.5) is 5.82 Å². The summed E-state index contributed by atoms with van der Waals surface area (Å²) in [6, 6.07) is 25.6. The molecule has 1 amide bonds. The van der Waals surface area contributed by atoms with E-state index in [0.29, 0.717) is 18.3 Å². The van der Waals surface area contributed by atoms with Crippen molar-refractivity contribution in [2.45, 2.75) is 44.3 Å². The van der Waals surface area contributed by atoms with E-state index in [-0.39, 0.29) is 11.9 Å². The highest BCUT2D eigenvalue weighted by Gasteiger charge is 2.33. The number of amides is 1. The monoisotopic (exact) mass is 485 g/mol. The van der Waals surface area contributed by atoms with E-state index in [1.54, 1.807) is 12.5 Å². The number of carbonyl (C=O) groups excluding carboxylic acids is 1. The molecule has 0 unspecified atom stereocenters. The lowest BCUT2D eigenvalue weighted by Gasteiger charge is -2.23. The molecule has 3 aromatic carbocycles. The summed E-state index contributed by atoms with van der Waals surface area (Å²) in [7, 11) is 0. The van der Waals surface area contributed by atoms with Crippen molar-refractivity contribution in [2.75, 3.05) is 5.32 Å². The molecule has 0 spiro atoms. The minimum atomic E-state index is -0.00250. The number of carbonyl (C=O) groups is 1. The van der Waals surface area contributed by atoms with Crippen molar-refractivity contribution >= 4 is 33.4 Å². The predicted molar refractivity (Wildman–Crippen MR) is 146 cm³/mol. The third kappa shape index (κ3) is 4.51. The molecular formula is C31H27N5O. The van der Waals surface area contributed by atoms with E-state index in [9.17, 15) is 4.79 Å². The lowest BCUT2D eigenvalue weighted by atomic mass is 10.0. The van der Waals surface area contributed by atoms with Crippen LogP contribution in [0, 0.1) is 0 Å². The SMILES string of the molecule is O=C(c1cc2ccccc2cn1)N(Cc1cccc(-c2ccc3ncnc(NC4CC4)c3c2)c1)C1CC1. The van der Waals surface area contributed by atoms with Gasteiger partial charge >= 0.3 is 0 Å². The summed E-state index contributed by atoms with van der Waals surface area (Å²) < 4.78 is 0. The second kappa shape index (κ2) is 8.96. The first kappa shape index (κ1) is 21.9. The third-order valence-electron chi connectivity index (χ3n) is 7.27. The van der Waals surface area contributed by atoms with E-state index < -0.39 is 0 Å². The van der Waals surface area contributed by atoms with Gasteiger partial charge in [0.05, 0.1) is 5.52 Å². The molecule has 7 rings (SSSR count). The third-order valence-corrected chi connectivity index (χ3v) is 7.27. The zero-order chi connectivity index (χ0) is 24.8. The van der Waals surface area contributed by atoms with Gasteiger partial charge in [-0.05, 0) is 72.0 Å². The molecule has 2 fully saturated rings. The molecule has 2 aliphatic carbocycles. The van der Waals surface area contributed by atoms with E-state index in [1.807, 2.05) is 35.2 Å². The Morgan fingerprint density at radius 3 is 2.51 bits per heavy atom. The first-order valence-electron chi connectivity index (χ1n) is 13.0. The summed E-state index contributed by atoms with van der Waals surface area (Å²) in [6.07, 6.45) is 7.89. The highest BCUT2D eigenvalue weighted by molar-refractivity contribution is 5.97. The van der Waals surface area contributed by atoms with Gasteiger partial charge in [-0.25, -0.2) is 9.97 Å². The Hall–Kier alpha value is -4.32. The number of nitrogens with zero attached hydrogens (tertiary/aromatic N) is 4. The summed E-state index contributed by atoms with van der Waals surface area (Å²) in [5, 5.41) is 6.65. The van der Waals surface area contributed by atoms with E-state index in [1.165, 1.54) is 12.8 Å². The summed E-state index contributed by atoms with van der Waals surface area (Å²) in [5.41, 5.74) is 4.79. The molecule has 0 aliphatic heterocycles. The molecule has 6 nitrogen and oxygen atoms in total. The van der Waals surface area contributed by atoms with Crippen molar-refractivity contribution in [1.82, 2.24) is 19.9 Å². The van der Waals surface area contributed by atoms with Gasteiger partial charge in [0, 0.05) is 35.6 Å². The van der Waals surface area contributed by atoms with E-state index in [4.69, 9.17) is 0 Å². The standard InChI is InChI=1S/C31H27N5O/c37-31(29-16-22-5-1-2-6-24(22)17-32-29)36(26-11-12-26)18-20-4-3-7-21(14-20)23-8-13-28-27(15-23)30(34-19-33-28)35-25-9-10-25/h1-8,13-17,19,25-26H,9-12,18H2,(H,33,34,35). The van der Waals surface area contributed by atoms with Crippen LogP contribution in [0.2, 0.25) is 0 Å². The number of benzene rings is 3. The average Bonchev–Trinajstić information content (AvgIpc) is 3.87. The van der Waals surface area contributed by atoms with Crippen molar-refractivity contribution in [1.29, 1.82) is 0 Å². The number of pyridine rings is 1. The van der Waals surface area contributed by atoms with Crippen LogP contribution in [-0.4, -0.2) is 37.8 Å². The van der Waals surface area contributed by atoms with Gasteiger partial charge in [0.15, 0.2) is 0 Å². The van der Waals surface area contributed by atoms with Gasteiger partial charge < -0.3 is 10.2 Å². The number of aromatic nitrogens is 3. The summed E-state index contributed by atoms with van der Waals surface area (Å²) >= 11 is 0. The van der Waals surface area contributed by atoms with Gasteiger partial charge in [-0.3, -0.25) is 9.78 Å². The lowest BCUT2D eigenvalue weighted by Crippen LogP contribution is -2.33. The Morgan fingerprint density at radius 2 is 1.68 bits per heavy atom. The fourth-order valence-corrected chi connectivity index (χ4v) is 4.92. The molecule has 2 aliphatic rings. The fraction of sp³-hybridized carbons (Fsp3) is 0.226. The zero-order valence-corrected chi connectivity index (χ0v) is 20.5. The van der Waals surface area contributed by atoms with Crippen molar-refractivity contribution in [3.8, 4) is 11.1 Å². The van der Waals surface area contributed by atoms with Gasteiger partial charge in [-0.1, -0.05) is 48.5 Å². The number of anilines is 1. The highest BCUT2D eigenvalue weighted by atomic mass is 16.2. The Kier molecular flexibility index (Phi) is 5.31. The minimum absolute atomic E-state index is 0.00250. The van der Waals surface area contributed by atoms with E-state index >= 15 is 0 Å². The van der Waals surface area contributed by atoms with Crippen LogP contribution >= 0.6 is 0 Å². The van der Waals surface area contributed by atoms with Gasteiger partial charge in [0.2, 0.25) is 0 Å². The quantitative estimate of drug-likeness (QED) is 0.296. The average molecular weight is 486 g/mol. The molecule has 182 valence electrons. The van der Waals surface area contributed by atoms with Crippen LogP contribution in [0.15, 0.2) is 85.3 Å². The summed E-state index contributed by atoms with van der Waals surface area (Å²) in [6.45, 7) is 0.566. The molecule has 6 heteroatoms. The second-order valence-electron chi connectivity index (χ2n) is 10.2. The van der Waals surface area contributed by atoms with Crippen molar-refractivity contribution in [2.24, 2.45) is 0 Å². The van der Waals surface area contributed by atoms with Gasteiger partial charge in [0.1, 0.15) is 17.8 Å². The summed E-state index contributed by atoms with van der Waals surface area (Å²) in [4.78, 5) is 29.0. The number of hydrogen-bond donors (Lipinski definition) is 1. The molecule has 2 aromatic heterocycles. The zero-order valence-electron chi connectivity index (χ0n) is 20.5. The Balaban J connectivity index is 1.18.